The maximum Gasteiger partial charge on any atom is 0.182 e. The third-order valence-corrected chi connectivity index (χ3v) is 3.88. The molecule has 3 rings (SSSR count). The smallest absolute Gasteiger partial charge is 0.182 e. The van der Waals surface area contributed by atoms with Crippen LogP contribution in [0.25, 0.3) is 11.0 Å². The van der Waals surface area contributed by atoms with Crippen molar-refractivity contribution in [3.63, 3.8) is 0 Å². The van der Waals surface area contributed by atoms with E-state index in [1.165, 1.54) is 0 Å². The number of hydrogen-bond acceptors (Lipinski definition) is 4. The fourth-order valence-corrected chi connectivity index (χ4v) is 2.74. The Morgan fingerprint density at radius 3 is 2.71 bits per heavy atom. The molecule has 0 amide bonds. The summed E-state index contributed by atoms with van der Waals surface area (Å²) in [5, 5.41) is 0. The number of aromatic nitrogens is 2. The van der Waals surface area contributed by atoms with E-state index in [1.807, 2.05) is 66.0 Å². The number of methoxy groups -OCH3 is 1. The Bertz CT molecular complexity index is 868. The summed E-state index contributed by atoms with van der Waals surface area (Å²) in [7, 11) is 5.59. The monoisotopic (exact) mass is 323 g/mol. The van der Waals surface area contributed by atoms with Crippen molar-refractivity contribution in [1.29, 1.82) is 0 Å². The molecule has 24 heavy (non-hydrogen) atoms. The van der Waals surface area contributed by atoms with Crippen molar-refractivity contribution in [1.82, 2.24) is 14.5 Å². The second-order valence-electron chi connectivity index (χ2n) is 6.00. The number of benzene rings is 2. The van der Waals surface area contributed by atoms with Crippen LogP contribution >= 0.6 is 0 Å². The zero-order valence-electron chi connectivity index (χ0n) is 14.2. The highest BCUT2D eigenvalue weighted by Crippen LogP contribution is 2.19. The van der Waals surface area contributed by atoms with Crippen molar-refractivity contribution < 1.29 is 9.53 Å². The van der Waals surface area contributed by atoms with E-state index in [0.29, 0.717) is 17.9 Å². The summed E-state index contributed by atoms with van der Waals surface area (Å²) in [6, 6.07) is 15.2. The first kappa shape index (κ1) is 16.2. The van der Waals surface area contributed by atoms with Crippen molar-refractivity contribution in [2.75, 3.05) is 21.2 Å². The molecule has 0 aliphatic carbocycles. The molecule has 0 N–H and O–H groups in total. The SMILES string of the molecule is COc1cccc(C(=O)Cn2c(CN(C)C)nc3ccccc32)c1. The Labute approximate surface area is 141 Å². The minimum atomic E-state index is 0.0389. The first-order valence-corrected chi connectivity index (χ1v) is 7.84. The number of para-hydroxylation sites is 2. The summed E-state index contributed by atoms with van der Waals surface area (Å²) in [5.74, 6) is 1.61. The molecular weight excluding hydrogens is 302 g/mol. The summed E-state index contributed by atoms with van der Waals surface area (Å²) in [5.41, 5.74) is 2.53. The van der Waals surface area contributed by atoms with Gasteiger partial charge in [0.25, 0.3) is 0 Å². The molecule has 2 aromatic carbocycles. The van der Waals surface area contributed by atoms with E-state index >= 15 is 0 Å². The topological polar surface area (TPSA) is 47.4 Å². The number of rotatable bonds is 6. The van der Waals surface area contributed by atoms with E-state index in [-0.39, 0.29) is 12.3 Å². The summed E-state index contributed by atoms with van der Waals surface area (Å²) < 4.78 is 7.21. The van der Waals surface area contributed by atoms with Crippen molar-refractivity contribution in [2.24, 2.45) is 0 Å². The zero-order valence-corrected chi connectivity index (χ0v) is 14.2. The van der Waals surface area contributed by atoms with Crippen LogP contribution in [0.1, 0.15) is 16.2 Å². The number of carbonyl (C=O) groups is 1. The summed E-state index contributed by atoms with van der Waals surface area (Å²) in [6.07, 6.45) is 0. The Kier molecular flexibility index (Phi) is 4.62. The van der Waals surface area contributed by atoms with E-state index < -0.39 is 0 Å². The molecule has 0 unspecified atom stereocenters. The van der Waals surface area contributed by atoms with Gasteiger partial charge in [0, 0.05) is 5.56 Å². The number of Topliss-reactive ketones (excluding diaryl/α,β-unsaturated/α-hetero) is 1. The molecule has 0 aliphatic heterocycles. The van der Waals surface area contributed by atoms with Crippen LogP contribution in [0.2, 0.25) is 0 Å². The maximum absolute atomic E-state index is 12.7. The van der Waals surface area contributed by atoms with Crippen molar-refractivity contribution in [3.8, 4) is 5.75 Å². The van der Waals surface area contributed by atoms with Crippen LogP contribution in [-0.2, 0) is 13.1 Å². The fourth-order valence-electron chi connectivity index (χ4n) is 2.74. The second kappa shape index (κ2) is 6.84. The van der Waals surface area contributed by atoms with Crippen LogP contribution in [0.3, 0.4) is 0 Å². The zero-order chi connectivity index (χ0) is 17.1. The van der Waals surface area contributed by atoms with Gasteiger partial charge in [0.1, 0.15) is 11.6 Å². The molecule has 3 aromatic rings. The van der Waals surface area contributed by atoms with Crippen molar-refractivity contribution in [2.45, 2.75) is 13.1 Å². The van der Waals surface area contributed by atoms with Crippen LogP contribution in [0.15, 0.2) is 48.5 Å². The molecule has 1 aromatic heterocycles. The molecule has 1 heterocycles. The van der Waals surface area contributed by atoms with Gasteiger partial charge in [-0.2, -0.15) is 0 Å². The van der Waals surface area contributed by atoms with Gasteiger partial charge in [-0.1, -0.05) is 24.3 Å². The third-order valence-electron chi connectivity index (χ3n) is 3.88. The lowest BCUT2D eigenvalue weighted by atomic mass is 10.1. The summed E-state index contributed by atoms with van der Waals surface area (Å²) in [4.78, 5) is 19.5. The van der Waals surface area contributed by atoms with Gasteiger partial charge < -0.3 is 14.2 Å². The number of ketones is 1. The van der Waals surface area contributed by atoms with Crippen molar-refractivity contribution >= 4 is 16.8 Å². The van der Waals surface area contributed by atoms with Crippen LogP contribution in [-0.4, -0.2) is 41.4 Å². The van der Waals surface area contributed by atoms with Gasteiger partial charge in [0.2, 0.25) is 0 Å². The predicted molar refractivity (Wildman–Crippen MR) is 94.4 cm³/mol. The van der Waals surface area contributed by atoms with Crippen LogP contribution in [0.4, 0.5) is 0 Å². The number of imidazole rings is 1. The standard InChI is InChI=1S/C19H21N3O2/c1-21(2)13-19-20-16-9-4-5-10-17(16)22(19)12-18(23)14-7-6-8-15(11-14)24-3/h4-11H,12-13H2,1-3H3. The second-order valence-corrected chi connectivity index (χ2v) is 6.00. The van der Waals surface area contributed by atoms with E-state index in [0.717, 1.165) is 16.9 Å². The van der Waals surface area contributed by atoms with Crippen molar-refractivity contribution in [3.05, 3.63) is 59.9 Å². The molecule has 5 nitrogen and oxygen atoms in total. The Morgan fingerprint density at radius 2 is 1.96 bits per heavy atom. The van der Waals surface area contributed by atoms with Crippen LogP contribution in [0, 0.1) is 0 Å². The predicted octanol–water partition coefficient (Wildman–Crippen LogP) is 2.99. The molecule has 0 bridgehead atoms. The normalized spacial score (nSPS) is 11.2. The summed E-state index contributed by atoms with van der Waals surface area (Å²) in [6.45, 7) is 0.941. The number of nitrogens with zero attached hydrogens (tertiary/aromatic N) is 3. The van der Waals surface area contributed by atoms with E-state index in [1.54, 1.807) is 13.2 Å². The lowest BCUT2D eigenvalue weighted by Crippen LogP contribution is -2.18. The highest BCUT2D eigenvalue weighted by Gasteiger charge is 2.15. The Hall–Kier alpha value is -2.66. The average Bonchev–Trinajstić information content (AvgIpc) is 2.91. The molecule has 0 aliphatic rings. The minimum Gasteiger partial charge on any atom is -0.497 e. The number of ether oxygens (including phenoxy) is 1. The lowest BCUT2D eigenvalue weighted by Gasteiger charge is -2.12. The Morgan fingerprint density at radius 1 is 1.17 bits per heavy atom. The van der Waals surface area contributed by atoms with E-state index in [4.69, 9.17) is 4.74 Å². The maximum atomic E-state index is 12.7. The first-order chi connectivity index (χ1) is 11.6. The molecule has 0 spiro atoms. The van der Waals surface area contributed by atoms with Crippen LogP contribution in [0.5, 0.6) is 5.75 Å². The quantitative estimate of drug-likeness (QED) is 0.654. The van der Waals surface area contributed by atoms with Crippen LogP contribution < -0.4 is 4.74 Å². The highest BCUT2D eigenvalue weighted by molar-refractivity contribution is 5.97. The van der Waals surface area contributed by atoms with E-state index in [2.05, 4.69) is 4.98 Å². The average molecular weight is 323 g/mol. The lowest BCUT2D eigenvalue weighted by molar-refractivity contribution is 0.0971. The first-order valence-electron chi connectivity index (χ1n) is 7.84. The number of hydrogen-bond donors (Lipinski definition) is 0. The molecule has 0 saturated carbocycles. The van der Waals surface area contributed by atoms with Gasteiger partial charge in [-0.05, 0) is 38.4 Å². The van der Waals surface area contributed by atoms with Gasteiger partial charge in [0.15, 0.2) is 5.78 Å². The van der Waals surface area contributed by atoms with E-state index in [9.17, 15) is 4.79 Å². The number of fused-ring (bicyclic) bond motifs is 1. The van der Waals surface area contributed by atoms with Gasteiger partial charge in [-0.3, -0.25) is 4.79 Å². The molecule has 0 saturated heterocycles. The van der Waals surface area contributed by atoms with Gasteiger partial charge >= 0.3 is 0 Å². The molecular formula is C19H21N3O2. The highest BCUT2D eigenvalue weighted by atomic mass is 16.5. The van der Waals surface area contributed by atoms with Gasteiger partial charge in [-0.15, -0.1) is 0 Å². The number of carbonyl (C=O) groups excluding carboxylic acids is 1. The molecule has 0 atom stereocenters. The minimum absolute atomic E-state index is 0.0389. The molecule has 124 valence electrons. The molecule has 0 radical (unpaired) electrons. The molecule has 0 fully saturated rings. The Balaban J connectivity index is 1.97. The largest absolute Gasteiger partial charge is 0.497 e. The summed E-state index contributed by atoms with van der Waals surface area (Å²) >= 11 is 0. The fraction of sp³-hybridized carbons (Fsp3) is 0.263. The third kappa shape index (κ3) is 3.31. The molecule has 5 heteroatoms. The van der Waals surface area contributed by atoms with Gasteiger partial charge in [-0.25, -0.2) is 4.98 Å². The van der Waals surface area contributed by atoms with Gasteiger partial charge in [0.05, 0.1) is 31.2 Å².